The van der Waals surface area contributed by atoms with Gasteiger partial charge in [0.25, 0.3) is 0 Å². The van der Waals surface area contributed by atoms with Gasteiger partial charge in [-0.25, -0.2) is 10.8 Å². The third-order valence-corrected chi connectivity index (χ3v) is 1.56. The molecular weight excluding hydrogens is 210 g/mol. The summed E-state index contributed by atoms with van der Waals surface area (Å²) in [6.45, 7) is 0. The fraction of sp³-hybridized carbons (Fsp3) is 0. The molecule has 0 aliphatic rings. The lowest BCUT2D eigenvalue weighted by Crippen LogP contribution is -2.28. The summed E-state index contributed by atoms with van der Waals surface area (Å²) in [5.41, 5.74) is 0.599. The molecule has 0 aliphatic carbocycles. The lowest BCUT2D eigenvalue weighted by Gasteiger charge is -2.08. The van der Waals surface area contributed by atoms with Crippen LogP contribution >= 0.6 is 15.9 Å². The molecule has 0 fully saturated rings. The van der Waals surface area contributed by atoms with Gasteiger partial charge in [-0.2, -0.15) is 0 Å². The van der Waals surface area contributed by atoms with Crippen molar-refractivity contribution in [2.75, 3.05) is 5.01 Å². The first kappa shape index (κ1) is 8.16. The second kappa shape index (κ2) is 3.45. The molecule has 4 nitrogen and oxygen atoms in total. The summed E-state index contributed by atoms with van der Waals surface area (Å²) in [6, 6.07) is 3.29. The second-order valence-electron chi connectivity index (χ2n) is 1.85. The van der Waals surface area contributed by atoms with E-state index in [1.165, 1.54) is 0 Å². The van der Waals surface area contributed by atoms with Crippen molar-refractivity contribution < 1.29 is 4.79 Å². The van der Waals surface area contributed by atoms with Crippen LogP contribution in [0.15, 0.2) is 22.9 Å². The van der Waals surface area contributed by atoms with Gasteiger partial charge in [0.15, 0.2) is 0 Å². The molecule has 5 heteroatoms. The molecule has 0 aromatic carbocycles. The Kier molecular flexibility index (Phi) is 2.56. The van der Waals surface area contributed by atoms with Crippen LogP contribution < -0.4 is 10.9 Å². The molecule has 2 N–H and O–H groups in total. The predicted octanol–water partition coefficient (Wildman–Crippen LogP) is 0.681. The monoisotopic (exact) mass is 215 g/mol. The molecular formula is C6H6BrN3O. The van der Waals surface area contributed by atoms with Crippen molar-refractivity contribution in [1.82, 2.24) is 4.98 Å². The number of nitrogens with two attached hydrogens (primary N) is 1. The predicted molar refractivity (Wildman–Crippen MR) is 44.7 cm³/mol. The van der Waals surface area contributed by atoms with E-state index in [1.807, 2.05) is 0 Å². The first-order chi connectivity index (χ1) is 5.24. The molecule has 0 radical (unpaired) electrons. The largest absolute Gasteiger partial charge is 0.277 e. The van der Waals surface area contributed by atoms with Crippen LogP contribution in [0.2, 0.25) is 0 Å². The molecule has 0 unspecified atom stereocenters. The normalized spacial score (nSPS) is 9.27. The standard InChI is InChI=1S/C6H6BrN3O/c7-6-3-5(1-2-9-6)10(8)4-11/h1-4H,8H2. The summed E-state index contributed by atoms with van der Waals surface area (Å²) in [4.78, 5) is 14.1. The second-order valence-corrected chi connectivity index (χ2v) is 2.66. The number of anilines is 1. The highest BCUT2D eigenvalue weighted by molar-refractivity contribution is 9.10. The Bertz CT molecular complexity index is 266. The van der Waals surface area contributed by atoms with E-state index in [9.17, 15) is 4.79 Å². The Morgan fingerprint density at radius 2 is 2.45 bits per heavy atom. The van der Waals surface area contributed by atoms with Crippen LogP contribution in [0.25, 0.3) is 0 Å². The van der Waals surface area contributed by atoms with E-state index in [2.05, 4.69) is 20.9 Å². The number of carbonyl (C=O) groups is 1. The van der Waals surface area contributed by atoms with Gasteiger partial charge in [0, 0.05) is 6.20 Å². The molecule has 1 aromatic heterocycles. The minimum atomic E-state index is 0.530. The van der Waals surface area contributed by atoms with Gasteiger partial charge >= 0.3 is 0 Å². The average Bonchev–Trinajstić information content (AvgIpc) is 2.03. The molecule has 1 aromatic rings. The third-order valence-electron chi connectivity index (χ3n) is 1.12. The van der Waals surface area contributed by atoms with Crippen LogP contribution in [0.5, 0.6) is 0 Å². The minimum absolute atomic E-state index is 0.530. The number of amides is 1. The van der Waals surface area contributed by atoms with Crippen LogP contribution in [0.1, 0.15) is 0 Å². The Morgan fingerprint density at radius 3 is 3.00 bits per heavy atom. The average molecular weight is 216 g/mol. The van der Waals surface area contributed by atoms with E-state index in [0.717, 1.165) is 5.01 Å². The summed E-state index contributed by atoms with van der Waals surface area (Å²) < 4.78 is 0.646. The number of hydrazine groups is 1. The van der Waals surface area contributed by atoms with Crippen LogP contribution in [0, 0.1) is 0 Å². The lowest BCUT2D eigenvalue weighted by molar-refractivity contribution is -0.107. The zero-order valence-corrected chi connectivity index (χ0v) is 7.15. The van der Waals surface area contributed by atoms with Gasteiger partial charge in [0.1, 0.15) is 4.60 Å². The fourth-order valence-electron chi connectivity index (χ4n) is 0.614. The van der Waals surface area contributed by atoms with E-state index in [0.29, 0.717) is 16.7 Å². The highest BCUT2D eigenvalue weighted by Gasteiger charge is 1.98. The maximum absolute atomic E-state index is 10.2. The number of hydrogen-bond acceptors (Lipinski definition) is 3. The van der Waals surface area contributed by atoms with Crippen molar-refractivity contribution in [3.05, 3.63) is 22.9 Å². The van der Waals surface area contributed by atoms with Crippen LogP contribution in [-0.2, 0) is 4.79 Å². The molecule has 0 atom stereocenters. The Labute approximate surface area is 72.1 Å². The van der Waals surface area contributed by atoms with Crippen molar-refractivity contribution in [3.8, 4) is 0 Å². The SMILES string of the molecule is NN(C=O)c1ccnc(Br)c1. The highest BCUT2D eigenvalue weighted by atomic mass is 79.9. The Morgan fingerprint density at radius 1 is 1.73 bits per heavy atom. The van der Waals surface area contributed by atoms with Crippen LogP contribution in [-0.4, -0.2) is 11.4 Å². The maximum Gasteiger partial charge on any atom is 0.228 e. The van der Waals surface area contributed by atoms with Crippen molar-refractivity contribution in [3.63, 3.8) is 0 Å². The number of carbonyl (C=O) groups excluding carboxylic acids is 1. The molecule has 1 heterocycles. The van der Waals surface area contributed by atoms with Crippen molar-refractivity contribution in [2.45, 2.75) is 0 Å². The summed E-state index contributed by atoms with van der Waals surface area (Å²) >= 11 is 3.15. The molecule has 0 spiro atoms. The van der Waals surface area contributed by atoms with E-state index in [-0.39, 0.29) is 0 Å². The van der Waals surface area contributed by atoms with Crippen molar-refractivity contribution in [1.29, 1.82) is 0 Å². The lowest BCUT2D eigenvalue weighted by atomic mass is 10.4. The minimum Gasteiger partial charge on any atom is -0.277 e. The number of aromatic nitrogens is 1. The van der Waals surface area contributed by atoms with Gasteiger partial charge < -0.3 is 0 Å². The van der Waals surface area contributed by atoms with Crippen molar-refractivity contribution >= 4 is 28.0 Å². The summed E-state index contributed by atoms with van der Waals surface area (Å²) in [6.07, 6.45) is 2.09. The smallest absolute Gasteiger partial charge is 0.228 e. The van der Waals surface area contributed by atoms with Gasteiger partial charge in [-0.3, -0.25) is 9.80 Å². The summed E-state index contributed by atoms with van der Waals surface area (Å²) in [5, 5.41) is 0.979. The Hall–Kier alpha value is -0.940. The topological polar surface area (TPSA) is 59.2 Å². The molecule has 11 heavy (non-hydrogen) atoms. The van der Waals surface area contributed by atoms with Gasteiger partial charge in [-0.15, -0.1) is 0 Å². The number of nitrogens with zero attached hydrogens (tertiary/aromatic N) is 2. The highest BCUT2D eigenvalue weighted by Crippen LogP contribution is 2.13. The molecule has 0 aliphatic heterocycles. The summed E-state index contributed by atoms with van der Waals surface area (Å²) in [7, 11) is 0. The van der Waals surface area contributed by atoms with Gasteiger partial charge in [0.2, 0.25) is 6.41 Å². The maximum atomic E-state index is 10.2. The van der Waals surface area contributed by atoms with E-state index >= 15 is 0 Å². The fourth-order valence-corrected chi connectivity index (χ4v) is 0.966. The van der Waals surface area contributed by atoms with E-state index in [1.54, 1.807) is 18.3 Å². The molecule has 0 saturated heterocycles. The van der Waals surface area contributed by atoms with Crippen LogP contribution in [0.3, 0.4) is 0 Å². The van der Waals surface area contributed by atoms with E-state index in [4.69, 9.17) is 5.84 Å². The van der Waals surface area contributed by atoms with Gasteiger partial charge in [-0.1, -0.05) is 0 Å². The molecule has 1 amide bonds. The molecule has 0 bridgehead atoms. The number of halogens is 1. The molecule has 0 saturated carbocycles. The zero-order valence-electron chi connectivity index (χ0n) is 5.57. The third kappa shape index (κ3) is 1.99. The first-order valence-electron chi connectivity index (χ1n) is 2.85. The zero-order chi connectivity index (χ0) is 8.27. The first-order valence-corrected chi connectivity index (χ1v) is 3.64. The molecule has 1 rings (SSSR count). The number of pyridine rings is 1. The van der Waals surface area contributed by atoms with Crippen molar-refractivity contribution in [2.24, 2.45) is 5.84 Å². The number of rotatable bonds is 2. The van der Waals surface area contributed by atoms with Gasteiger partial charge in [-0.05, 0) is 28.1 Å². The molecule has 58 valence electrons. The van der Waals surface area contributed by atoms with Gasteiger partial charge in [0.05, 0.1) is 5.69 Å². The summed E-state index contributed by atoms with van der Waals surface area (Å²) in [5.74, 6) is 5.28. The quantitative estimate of drug-likeness (QED) is 0.260. The Balaban J connectivity index is 2.95. The van der Waals surface area contributed by atoms with E-state index < -0.39 is 0 Å². The number of hydrogen-bond donors (Lipinski definition) is 1. The van der Waals surface area contributed by atoms with Crippen LogP contribution in [0.4, 0.5) is 5.69 Å².